The Morgan fingerprint density at radius 2 is 1.80 bits per heavy atom. The fourth-order valence-corrected chi connectivity index (χ4v) is 2.32. The predicted molar refractivity (Wildman–Crippen MR) is 86.9 cm³/mol. The van der Waals surface area contributed by atoms with Crippen molar-refractivity contribution in [1.82, 2.24) is 0 Å². The smallest absolute Gasteiger partial charge is 0.126 e. The number of aromatic hydroxyl groups is 1. The highest BCUT2D eigenvalue weighted by molar-refractivity contribution is 5.73. The lowest BCUT2D eigenvalue weighted by molar-refractivity contribution is 0.472. The van der Waals surface area contributed by atoms with Crippen molar-refractivity contribution < 1.29 is 5.11 Å². The summed E-state index contributed by atoms with van der Waals surface area (Å²) in [7, 11) is 0. The molecule has 1 N–H and O–H groups in total. The van der Waals surface area contributed by atoms with Gasteiger partial charge in [-0.25, -0.2) is 0 Å². The SMILES string of the molecule is C=CCc1ccc(-c2ccc(/C=C/C)cc2)c(O)c1C. The van der Waals surface area contributed by atoms with Crippen LogP contribution in [0, 0.1) is 6.92 Å². The maximum absolute atomic E-state index is 10.4. The van der Waals surface area contributed by atoms with Crippen LogP contribution in [0.1, 0.15) is 23.6 Å². The standard InChI is InChI=1S/C19H20O/c1-4-6-15-8-10-17(11-9-15)18-13-12-16(7-5-2)14(3)19(18)20/h4-6,8-13,20H,2,7H2,1,3H3/b6-4+. The molecular weight excluding hydrogens is 244 g/mol. The maximum atomic E-state index is 10.4. The topological polar surface area (TPSA) is 20.2 Å². The average Bonchev–Trinajstić information content (AvgIpc) is 2.46. The molecule has 0 saturated carbocycles. The molecule has 0 spiro atoms. The van der Waals surface area contributed by atoms with Gasteiger partial charge in [0, 0.05) is 5.56 Å². The number of allylic oxidation sites excluding steroid dienone is 2. The Morgan fingerprint density at radius 3 is 2.40 bits per heavy atom. The Kier molecular flexibility index (Phi) is 4.41. The van der Waals surface area contributed by atoms with Gasteiger partial charge in [0.1, 0.15) is 5.75 Å². The van der Waals surface area contributed by atoms with Crippen LogP contribution in [0.2, 0.25) is 0 Å². The van der Waals surface area contributed by atoms with Gasteiger partial charge in [0.2, 0.25) is 0 Å². The van der Waals surface area contributed by atoms with Crippen molar-refractivity contribution in [2.75, 3.05) is 0 Å². The van der Waals surface area contributed by atoms with Crippen LogP contribution in [0.5, 0.6) is 5.75 Å². The molecule has 1 heteroatoms. The molecule has 102 valence electrons. The predicted octanol–water partition coefficient (Wildman–Crippen LogP) is 5.13. The van der Waals surface area contributed by atoms with E-state index in [-0.39, 0.29) is 0 Å². The third-order valence-corrected chi connectivity index (χ3v) is 3.49. The van der Waals surface area contributed by atoms with Crippen molar-refractivity contribution in [2.45, 2.75) is 20.3 Å². The van der Waals surface area contributed by atoms with Crippen LogP contribution in [0.4, 0.5) is 0 Å². The Bertz CT molecular complexity index is 634. The van der Waals surface area contributed by atoms with Crippen LogP contribution in [0.15, 0.2) is 55.1 Å². The monoisotopic (exact) mass is 264 g/mol. The lowest BCUT2D eigenvalue weighted by atomic mass is 9.96. The van der Waals surface area contributed by atoms with E-state index in [0.717, 1.165) is 34.2 Å². The first kappa shape index (κ1) is 14.1. The lowest BCUT2D eigenvalue weighted by Crippen LogP contribution is -1.90. The molecule has 2 aromatic rings. The van der Waals surface area contributed by atoms with Crippen LogP contribution in [-0.2, 0) is 6.42 Å². The van der Waals surface area contributed by atoms with Crippen molar-refractivity contribution in [3.63, 3.8) is 0 Å². The molecule has 0 aliphatic heterocycles. The molecule has 0 aromatic heterocycles. The van der Waals surface area contributed by atoms with Crippen LogP contribution in [0.3, 0.4) is 0 Å². The Balaban J connectivity index is 2.42. The molecule has 1 nitrogen and oxygen atoms in total. The van der Waals surface area contributed by atoms with Crippen molar-refractivity contribution in [3.8, 4) is 16.9 Å². The molecule has 0 saturated heterocycles. The first-order chi connectivity index (χ1) is 9.67. The fraction of sp³-hybridized carbons (Fsp3) is 0.158. The highest BCUT2D eigenvalue weighted by atomic mass is 16.3. The molecule has 0 radical (unpaired) electrons. The third kappa shape index (κ3) is 2.83. The number of rotatable bonds is 4. The van der Waals surface area contributed by atoms with Gasteiger partial charge in [-0.15, -0.1) is 6.58 Å². The molecular formula is C19H20O. The van der Waals surface area contributed by atoms with Crippen molar-refractivity contribution in [3.05, 3.63) is 71.8 Å². The molecule has 0 aliphatic rings. The van der Waals surface area contributed by atoms with E-state index in [9.17, 15) is 5.11 Å². The van der Waals surface area contributed by atoms with Crippen molar-refractivity contribution in [2.24, 2.45) is 0 Å². The third-order valence-electron chi connectivity index (χ3n) is 3.49. The Morgan fingerprint density at radius 1 is 1.10 bits per heavy atom. The second-order valence-electron chi connectivity index (χ2n) is 4.86. The minimum Gasteiger partial charge on any atom is -0.507 e. The molecule has 0 fully saturated rings. The van der Waals surface area contributed by atoms with E-state index < -0.39 is 0 Å². The molecule has 0 unspecified atom stereocenters. The van der Waals surface area contributed by atoms with Gasteiger partial charge in [0.05, 0.1) is 0 Å². The first-order valence-corrected chi connectivity index (χ1v) is 6.83. The van der Waals surface area contributed by atoms with Crippen LogP contribution < -0.4 is 0 Å². The van der Waals surface area contributed by atoms with E-state index in [1.54, 1.807) is 0 Å². The zero-order chi connectivity index (χ0) is 14.5. The van der Waals surface area contributed by atoms with Crippen LogP contribution in [0.25, 0.3) is 17.2 Å². The van der Waals surface area contributed by atoms with Gasteiger partial charge in [-0.2, -0.15) is 0 Å². The van der Waals surface area contributed by atoms with E-state index in [2.05, 4.69) is 30.9 Å². The molecule has 0 heterocycles. The minimum atomic E-state index is 0.364. The largest absolute Gasteiger partial charge is 0.507 e. The van der Waals surface area contributed by atoms with Crippen molar-refractivity contribution in [1.29, 1.82) is 0 Å². The Hall–Kier alpha value is -2.28. The maximum Gasteiger partial charge on any atom is 0.126 e. The van der Waals surface area contributed by atoms with Crippen LogP contribution >= 0.6 is 0 Å². The summed E-state index contributed by atoms with van der Waals surface area (Å²) in [6, 6.07) is 12.2. The molecule has 0 aliphatic carbocycles. The number of phenolic OH excluding ortho intramolecular Hbond substituents is 1. The van der Waals surface area contributed by atoms with Crippen molar-refractivity contribution >= 4 is 6.08 Å². The summed E-state index contributed by atoms with van der Waals surface area (Å²) < 4.78 is 0. The highest BCUT2D eigenvalue weighted by Crippen LogP contribution is 2.34. The summed E-state index contributed by atoms with van der Waals surface area (Å²) in [6.07, 6.45) is 6.70. The van der Waals surface area contributed by atoms with Gasteiger partial charge in [-0.05, 0) is 42.5 Å². The summed E-state index contributed by atoms with van der Waals surface area (Å²) in [5.74, 6) is 0.364. The van der Waals surface area contributed by atoms with Gasteiger partial charge in [0.15, 0.2) is 0 Å². The zero-order valence-electron chi connectivity index (χ0n) is 12.1. The van der Waals surface area contributed by atoms with Gasteiger partial charge < -0.3 is 5.11 Å². The second kappa shape index (κ2) is 6.25. The molecule has 2 rings (SSSR count). The number of hydrogen-bond donors (Lipinski definition) is 1. The Labute approximate surface area is 120 Å². The van der Waals surface area contributed by atoms with Gasteiger partial charge in [-0.3, -0.25) is 0 Å². The summed E-state index contributed by atoms with van der Waals surface area (Å²) in [5, 5.41) is 10.4. The minimum absolute atomic E-state index is 0.364. The van der Waals surface area contributed by atoms with E-state index in [0.29, 0.717) is 5.75 Å². The van der Waals surface area contributed by atoms with E-state index in [4.69, 9.17) is 0 Å². The quantitative estimate of drug-likeness (QED) is 0.759. The molecule has 2 aromatic carbocycles. The lowest BCUT2D eigenvalue weighted by Gasteiger charge is -2.11. The van der Waals surface area contributed by atoms with Gasteiger partial charge >= 0.3 is 0 Å². The second-order valence-corrected chi connectivity index (χ2v) is 4.86. The molecule has 0 bridgehead atoms. The number of benzene rings is 2. The fourth-order valence-electron chi connectivity index (χ4n) is 2.32. The molecule has 0 amide bonds. The zero-order valence-corrected chi connectivity index (χ0v) is 12.1. The van der Waals surface area contributed by atoms with Crippen LogP contribution in [-0.4, -0.2) is 5.11 Å². The van der Waals surface area contributed by atoms with E-state index in [1.165, 1.54) is 0 Å². The number of hydrogen-bond acceptors (Lipinski definition) is 1. The van der Waals surface area contributed by atoms with E-state index in [1.807, 2.05) is 44.2 Å². The highest BCUT2D eigenvalue weighted by Gasteiger charge is 2.09. The summed E-state index contributed by atoms with van der Waals surface area (Å²) in [5.41, 5.74) is 5.12. The van der Waals surface area contributed by atoms with Gasteiger partial charge in [-0.1, -0.05) is 54.6 Å². The normalized spacial score (nSPS) is 10.9. The van der Waals surface area contributed by atoms with E-state index >= 15 is 0 Å². The van der Waals surface area contributed by atoms with Gasteiger partial charge in [0.25, 0.3) is 0 Å². The first-order valence-electron chi connectivity index (χ1n) is 6.83. The number of phenols is 1. The summed E-state index contributed by atoms with van der Waals surface area (Å²) >= 11 is 0. The molecule has 0 atom stereocenters. The summed E-state index contributed by atoms with van der Waals surface area (Å²) in [6.45, 7) is 7.70. The average molecular weight is 264 g/mol. The summed E-state index contributed by atoms with van der Waals surface area (Å²) in [4.78, 5) is 0. The molecule has 20 heavy (non-hydrogen) atoms.